The van der Waals surface area contributed by atoms with Crippen molar-refractivity contribution in [1.29, 1.82) is 0 Å². The number of fused-ring (bicyclic) bond motifs is 1. The van der Waals surface area contributed by atoms with Gasteiger partial charge in [0.25, 0.3) is 0 Å². The molecule has 0 N–H and O–H groups in total. The fourth-order valence-corrected chi connectivity index (χ4v) is 3.10. The van der Waals surface area contributed by atoms with Crippen LogP contribution in [0.25, 0.3) is 11.0 Å². The van der Waals surface area contributed by atoms with Crippen LogP contribution in [-0.2, 0) is 18.4 Å². The lowest BCUT2D eigenvalue weighted by molar-refractivity contribution is -0.132. The summed E-state index contributed by atoms with van der Waals surface area (Å²) in [7, 11) is 1.77. The predicted octanol–water partition coefficient (Wildman–Crippen LogP) is 2.87. The molecule has 0 radical (unpaired) electrons. The molecule has 132 valence electrons. The number of hydrogen-bond donors (Lipinski definition) is 0. The quantitative estimate of drug-likeness (QED) is 0.783. The Hall–Kier alpha value is -2.04. The van der Waals surface area contributed by atoms with E-state index in [1.165, 1.54) is 0 Å². The Balaban J connectivity index is 2.16. The highest BCUT2D eigenvalue weighted by Crippen LogP contribution is 2.13. The molecule has 0 saturated carbocycles. The molecular formula is C19H29N3O2. The van der Waals surface area contributed by atoms with Gasteiger partial charge < -0.3 is 4.90 Å². The number of rotatable bonds is 7. The third kappa shape index (κ3) is 4.08. The molecule has 1 aromatic heterocycles. The van der Waals surface area contributed by atoms with E-state index in [0.717, 1.165) is 24.1 Å². The highest BCUT2D eigenvalue weighted by molar-refractivity contribution is 5.78. The van der Waals surface area contributed by atoms with E-state index in [-0.39, 0.29) is 11.6 Å². The van der Waals surface area contributed by atoms with Crippen molar-refractivity contribution in [2.45, 2.75) is 40.7 Å². The SMILES string of the molecule is CC(C)CN(CC(C)C)C(=O)CCn1c(=O)n(C)c2ccccc21. The molecule has 5 nitrogen and oxygen atoms in total. The number of carbonyl (C=O) groups is 1. The van der Waals surface area contributed by atoms with E-state index in [1.807, 2.05) is 29.2 Å². The van der Waals surface area contributed by atoms with Gasteiger partial charge in [0.05, 0.1) is 11.0 Å². The van der Waals surface area contributed by atoms with Crippen LogP contribution >= 0.6 is 0 Å². The average Bonchev–Trinajstić information content (AvgIpc) is 2.75. The van der Waals surface area contributed by atoms with E-state index in [4.69, 9.17) is 0 Å². The minimum Gasteiger partial charge on any atom is -0.342 e. The molecule has 1 amide bonds. The van der Waals surface area contributed by atoms with Gasteiger partial charge in [0.1, 0.15) is 0 Å². The molecule has 0 aliphatic carbocycles. The van der Waals surface area contributed by atoms with Crippen LogP contribution in [0.1, 0.15) is 34.1 Å². The van der Waals surface area contributed by atoms with E-state index in [1.54, 1.807) is 16.2 Å². The van der Waals surface area contributed by atoms with Gasteiger partial charge in [-0.2, -0.15) is 0 Å². The summed E-state index contributed by atoms with van der Waals surface area (Å²) in [6.07, 6.45) is 0.355. The van der Waals surface area contributed by atoms with Gasteiger partial charge in [0.15, 0.2) is 0 Å². The number of benzene rings is 1. The molecule has 2 rings (SSSR count). The normalized spacial score (nSPS) is 11.6. The lowest BCUT2D eigenvalue weighted by atomic mass is 10.1. The molecule has 1 aromatic carbocycles. The molecule has 0 unspecified atom stereocenters. The van der Waals surface area contributed by atoms with Crippen molar-refractivity contribution in [3.8, 4) is 0 Å². The zero-order valence-electron chi connectivity index (χ0n) is 15.5. The standard InChI is InChI=1S/C19H29N3O2/c1-14(2)12-21(13-15(3)4)18(23)10-11-22-17-9-7-6-8-16(17)20(5)19(22)24/h6-9,14-15H,10-13H2,1-5H3. The second kappa shape index (κ2) is 7.69. The lowest BCUT2D eigenvalue weighted by Gasteiger charge is -2.26. The van der Waals surface area contributed by atoms with E-state index >= 15 is 0 Å². The highest BCUT2D eigenvalue weighted by Gasteiger charge is 2.17. The summed E-state index contributed by atoms with van der Waals surface area (Å²) >= 11 is 0. The first-order chi connectivity index (χ1) is 11.3. The van der Waals surface area contributed by atoms with E-state index in [9.17, 15) is 9.59 Å². The topological polar surface area (TPSA) is 47.2 Å². The van der Waals surface area contributed by atoms with Crippen LogP contribution in [0.2, 0.25) is 0 Å². The van der Waals surface area contributed by atoms with Gasteiger partial charge in [-0.15, -0.1) is 0 Å². The molecule has 0 spiro atoms. The van der Waals surface area contributed by atoms with Gasteiger partial charge in [-0.3, -0.25) is 13.9 Å². The Morgan fingerprint density at radius 3 is 2.12 bits per heavy atom. The summed E-state index contributed by atoms with van der Waals surface area (Å²) in [5.41, 5.74) is 1.72. The Morgan fingerprint density at radius 1 is 1.04 bits per heavy atom. The molecule has 1 heterocycles. The van der Waals surface area contributed by atoms with Crippen molar-refractivity contribution in [2.24, 2.45) is 18.9 Å². The Morgan fingerprint density at radius 2 is 1.58 bits per heavy atom. The van der Waals surface area contributed by atoms with E-state index in [2.05, 4.69) is 27.7 Å². The summed E-state index contributed by atoms with van der Waals surface area (Å²) < 4.78 is 3.34. The van der Waals surface area contributed by atoms with Crippen LogP contribution < -0.4 is 5.69 Å². The lowest BCUT2D eigenvalue weighted by Crippen LogP contribution is -2.37. The summed E-state index contributed by atoms with van der Waals surface area (Å²) in [6, 6.07) is 7.70. The second-order valence-electron chi connectivity index (χ2n) is 7.32. The van der Waals surface area contributed by atoms with Crippen molar-refractivity contribution in [3.63, 3.8) is 0 Å². The molecule has 0 aliphatic rings. The molecule has 0 bridgehead atoms. The largest absolute Gasteiger partial charge is 0.342 e. The molecular weight excluding hydrogens is 302 g/mol. The number of carbonyl (C=O) groups excluding carboxylic acids is 1. The minimum atomic E-state index is -0.0664. The fraction of sp³-hybridized carbons (Fsp3) is 0.579. The average molecular weight is 331 g/mol. The van der Waals surface area contributed by atoms with Crippen LogP contribution in [0.5, 0.6) is 0 Å². The van der Waals surface area contributed by atoms with Crippen molar-refractivity contribution in [2.75, 3.05) is 13.1 Å². The molecule has 0 fully saturated rings. The van der Waals surface area contributed by atoms with Crippen LogP contribution in [0.15, 0.2) is 29.1 Å². The number of aryl methyl sites for hydroxylation is 2. The molecule has 24 heavy (non-hydrogen) atoms. The highest BCUT2D eigenvalue weighted by atomic mass is 16.2. The first-order valence-corrected chi connectivity index (χ1v) is 8.73. The van der Waals surface area contributed by atoms with Gasteiger partial charge >= 0.3 is 5.69 Å². The van der Waals surface area contributed by atoms with Crippen LogP contribution in [0, 0.1) is 11.8 Å². The van der Waals surface area contributed by atoms with E-state index in [0.29, 0.717) is 24.8 Å². The van der Waals surface area contributed by atoms with Gasteiger partial charge in [0.2, 0.25) is 5.91 Å². The summed E-state index contributed by atoms with van der Waals surface area (Å²) in [5, 5.41) is 0. The maximum Gasteiger partial charge on any atom is 0.328 e. The first-order valence-electron chi connectivity index (χ1n) is 8.73. The number of imidazole rings is 1. The van der Waals surface area contributed by atoms with Gasteiger partial charge in [-0.05, 0) is 24.0 Å². The summed E-state index contributed by atoms with van der Waals surface area (Å²) in [4.78, 5) is 27.0. The number of amides is 1. The van der Waals surface area contributed by atoms with Gasteiger partial charge in [0, 0.05) is 33.1 Å². The van der Waals surface area contributed by atoms with Crippen molar-refractivity contribution in [3.05, 3.63) is 34.7 Å². The zero-order valence-corrected chi connectivity index (χ0v) is 15.5. The monoisotopic (exact) mass is 331 g/mol. The smallest absolute Gasteiger partial charge is 0.328 e. The maximum absolute atomic E-state index is 12.6. The minimum absolute atomic E-state index is 0.0664. The second-order valence-corrected chi connectivity index (χ2v) is 7.32. The third-order valence-corrected chi connectivity index (χ3v) is 4.12. The van der Waals surface area contributed by atoms with Crippen molar-refractivity contribution in [1.82, 2.24) is 14.0 Å². The van der Waals surface area contributed by atoms with Crippen LogP contribution in [0.4, 0.5) is 0 Å². The number of para-hydroxylation sites is 2. The Bertz CT molecular complexity index is 746. The predicted molar refractivity (Wildman–Crippen MR) is 98.1 cm³/mol. The van der Waals surface area contributed by atoms with Crippen LogP contribution in [0.3, 0.4) is 0 Å². The molecule has 0 atom stereocenters. The van der Waals surface area contributed by atoms with Crippen LogP contribution in [-0.4, -0.2) is 33.0 Å². The fourth-order valence-electron chi connectivity index (χ4n) is 3.10. The summed E-state index contributed by atoms with van der Waals surface area (Å²) in [6.45, 7) is 10.4. The van der Waals surface area contributed by atoms with Crippen molar-refractivity contribution >= 4 is 16.9 Å². The summed E-state index contributed by atoms with van der Waals surface area (Å²) in [5.74, 6) is 0.998. The Labute approximate surface area is 143 Å². The molecule has 0 aliphatic heterocycles. The number of aromatic nitrogens is 2. The maximum atomic E-state index is 12.6. The van der Waals surface area contributed by atoms with Gasteiger partial charge in [-0.25, -0.2) is 4.79 Å². The molecule has 5 heteroatoms. The zero-order chi connectivity index (χ0) is 17.9. The number of hydrogen-bond acceptors (Lipinski definition) is 2. The number of nitrogens with zero attached hydrogens (tertiary/aromatic N) is 3. The van der Waals surface area contributed by atoms with Crippen molar-refractivity contribution < 1.29 is 4.79 Å². The van der Waals surface area contributed by atoms with Gasteiger partial charge in [-0.1, -0.05) is 39.8 Å². The Kier molecular flexibility index (Phi) is 5.86. The first kappa shape index (κ1) is 18.3. The molecule has 2 aromatic rings. The third-order valence-electron chi connectivity index (χ3n) is 4.12. The molecule has 0 saturated heterocycles. The van der Waals surface area contributed by atoms with E-state index < -0.39 is 0 Å².